The lowest BCUT2D eigenvalue weighted by molar-refractivity contribution is 0.391. The molecule has 0 radical (unpaired) electrons. The summed E-state index contributed by atoms with van der Waals surface area (Å²) in [4.78, 5) is 0. The van der Waals surface area contributed by atoms with Gasteiger partial charge in [0.2, 0.25) is 0 Å². The van der Waals surface area contributed by atoms with Crippen molar-refractivity contribution in [2.45, 2.75) is 19.9 Å². The molecule has 1 atom stereocenters. The maximum absolute atomic E-state index is 13.7. The van der Waals surface area contributed by atoms with Crippen LogP contribution in [-0.4, -0.2) is 20.1 Å². The van der Waals surface area contributed by atoms with Gasteiger partial charge in [0.15, 0.2) is 23.3 Å². The minimum atomic E-state index is -1.78. The molecule has 1 unspecified atom stereocenters. The fourth-order valence-electron chi connectivity index (χ4n) is 1.85. The van der Waals surface area contributed by atoms with E-state index in [1.807, 2.05) is 0 Å². The molecule has 0 heterocycles. The highest BCUT2D eigenvalue weighted by Crippen LogP contribution is 2.27. The van der Waals surface area contributed by atoms with Gasteiger partial charge in [-0.1, -0.05) is 0 Å². The Bertz CT molecular complexity index is 422. The molecule has 0 aliphatic rings. The molecule has 3 N–H and O–H groups in total. The number of nitrogens with one attached hydrogen (secondary N) is 3. The Kier molecular flexibility index (Phi) is 5.71. The van der Waals surface area contributed by atoms with E-state index in [1.165, 1.54) is 6.92 Å². The van der Waals surface area contributed by atoms with Crippen LogP contribution in [0.5, 0.6) is 0 Å². The van der Waals surface area contributed by atoms with Crippen LogP contribution >= 0.6 is 0 Å². The smallest absolute Gasteiger partial charge is 0.197 e. The monoisotopic (exact) mass is 279 g/mol. The third kappa shape index (κ3) is 3.43. The predicted molar refractivity (Wildman–Crippen MR) is 64.5 cm³/mol. The third-order valence-electron chi connectivity index (χ3n) is 2.86. The summed E-state index contributed by atoms with van der Waals surface area (Å²) in [5, 5.41) is 2.89. The Morgan fingerprint density at radius 1 is 0.947 bits per heavy atom. The number of hydrazine groups is 1. The van der Waals surface area contributed by atoms with E-state index >= 15 is 0 Å². The number of hydrogen-bond acceptors (Lipinski definition) is 3. The molecule has 108 valence electrons. The van der Waals surface area contributed by atoms with E-state index in [2.05, 4.69) is 16.2 Å². The molecule has 0 aliphatic heterocycles. The van der Waals surface area contributed by atoms with Gasteiger partial charge in [-0.15, -0.1) is 0 Å². The first-order chi connectivity index (χ1) is 8.91. The first-order valence-electron chi connectivity index (χ1n) is 5.87. The van der Waals surface area contributed by atoms with Crippen LogP contribution < -0.4 is 16.2 Å². The van der Waals surface area contributed by atoms with E-state index in [-0.39, 0.29) is 11.1 Å². The Balaban J connectivity index is 2.94. The summed E-state index contributed by atoms with van der Waals surface area (Å²) < 4.78 is 53.3. The Morgan fingerprint density at radius 3 is 2.11 bits per heavy atom. The summed E-state index contributed by atoms with van der Waals surface area (Å²) in [5.74, 6) is -6.25. The summed E-state index contributed by atoms with van der Waals surface area (Å²) in [5.41, 5.74) is 5.08. The maximum atomic E-state index is 13.7. The van der Waals surface area contributed by atoms with Crippen LogP contribution in [0, 0.1) is 30.2 Å². The van der Waals surface area contributed by atoms with Crippen molar-refractivity contribution < 1.29 is 17.6 Å². The minimum Gasteiger partial charge on any atom is -0.309 e. The molecule has 0 fully saturated rings. The normalized spacial score (nSPS) is 12.8. The summed E-state index contributed by atoms with van der Waals surface area (Å²) >= 11 is 0. The SMILES string of the molecule is CNNCCNC(C)c1c(C)c(F)c(F)c(F)c1F. The maximum Gasteiger partial charge on any atom is 0.197 e. The minimum absolute atomic E-state index is 0.194. The average Bonchev–Trinajstić information content (AvgIpc) is 2.39. The Hall–Kier alpha value is -1.18. The molecule has 0 saturated heterocycles. The molecule has 0 amide bonds. The van der Waals surface area contributed by atoms with Gasteiger partial charge in [0.25, 0.3) is 0 Å². The molecular weight excluding hydrogens is 262 g/mol. The fourth-order valence-corrected chi connectivity index (χ4v) is 1.85. The van der Waals surface area contributed by atoms with Crippen molar-refractivity contribution >= 4 is 0 Å². The molecular formula is C12H17F4N3. The second kappa shape index (κ2) is 6.83. The van der Waals surface area contributed by atoms with E-state index < -0.39 is 29.3 Å². The molecule has 1 aromatic rings. The van der Waals surface area contributed by atoms with Gasteiger partial charge in [-0.25, -0.2) is 17.6 Å². The number of halogens is 4. The van der Waals surface area contributed by atoms with E-state index in [9.17, 15) is 17.6 Å². The van der Waals surface area contributed by atoms with Crippen LogP contribution in [0.25, 0.3) is 0 Å². The molecule has 3 nitrogen and oxygen atoms in total. The van der Waals surface area contributed by atoms with Crippen molar-refractivity contribution in [1.82, 2.24) is 16.2 Å². The van der Waals surface area contributed by atoms with Gasteiger partial charge in [-0.3, -0.25) is 10.9 Å². The summed E-state index contributed by atoms with van der Waals surface area (Å²) in [6.45, 7) is 3.76. The number of rotatable bonds is 6. The molecule has 7 heteroatoms. The van der Waals surface area contributed by atoms with Gasteiger partial charge in [0, 0.05) is 24.7 Å². The van der Waals surface area contributed by atoms with Gasteiger partial charge >= 0.3 is 0 Å². The van der Waals surface area contributed by atoms with Gasteiger partial charge < -0.3 is 5.32 Å². The second-order valence-electron chi connectivity index (χ2n) is 4.15. The van der Waals surface area contributed by atoms with Crippen LogP contribution in [0.15, 0.2) is 0 Å². The lowest BCUT2D eigenvalue weighted by atomic mass is 10.0. The van der Waals surface area contributed by atoms with E-state index in [4.69, 9.17) is 0 Å². The average molecular weight is 279 g/mol. The fraction of sp³-hybridized carbons (Fsp3) is 0.500. The van der Waals surface area contributed by atoms with Crippen molar-refractivity contribution in [1.29, 1.82) is 0 Å². The van der Waals surface area contributed by atoms with Crippen LogP contribution in [0.3, 0.4) is 0 Å². The molecule has 0 bridgehead atoms. The molecule has 0 saturated carbocycles. The largest absolute Gasteiger partial charge is 0.309 e. The third-order valence-corrected chi connectivity index (χ3v) is 2.86. The highest BCUT2D eigenvalue weighted by molar-refractivity contribution is 5.33. The lowest BCUT2D eigenvalue weighted by Gasteiger charge is -2.18. The first kappa shape index (κ1) is 15.9. The quantitative estimate of drug-likeness (QED) is 0.245. The highest BCUT2D eigenvalue weighted by Gasteiger charge is 2.25. The van der Waals surface area contributed by atoms with Crippen LogP contribution in [-0.2, 0) is 0 Å². The standard InChI is InChI=1S/C12H17F4N3/c1-6-8(7(2)18-4-5-19-17-3)10(14)12(16)11(15)9(6)13/h7,17-19H,4-5H2,1-3H3. The molecule has 0 aromatic heterocycles. The summed E-state index contributed by atoms with van der Waals surface area (Å²) in [7, 11) is 1.69. The number of hydrogen-bond donors (Lipinski definition) is 3. The van der Waals surface area contributed by atoms with Gasteiger partial charge in [-0.2, -0.15) is 0 Å². The summed E-state index contributed by atoms with van der Waals surface area (Å²) in [6, 6.07) is -0.636. The van der Waals surface area contributed by atoms with Crippen LogP contribution in [0.1, 0.15) is 24.1 Å². The van der Waals surface area contributed by atoms with E-state index in [0.717, 1.165) is 0 Å². The van der Waals surface area contributed by atoms with Crippen molar-refractivity contribution in [3.05, 3.63) is 34.4 Å². The van der Waals surface area contributed by atoms with E-state index in [1.54, 1.807) is 14.0 Å². The zero-order valence-corrected chi connectivity index (χ0v) is 11.0. The van der Waals surface area contributed by atoms with Gasteiger partial charge in [0.05, 0.1) is 0 Å². The van der Waals surface area contributed by atoms with Crippen molar-refractivity contribution in [2.24, 2.45) is 0 Å². The second-order valence-corrected chi connectivity index (χ2v) is 4.15. The van der Waals surface area contributed by atoms with Crippen LogP contribution in [0.4, 0.5) is 17.6 Å². The lowest BCUT2D eigenvalue weighted by Crippen LogP contribution is -2.35. The summed E-state index contributed by atoms with van der Waals surface area (Å²) in [6.07, 6.45) is 0. The first-order valence-corrected chi connectivity index (χ1v) is 5.87. The molecule has 1 aromatic carbocycles. The zero-order valence-electron chi connectivity index (χ0n) is 11.0. The predicted octanol–water partition coefficient (Wildman–Crippen LogP) is 1.93. The molecule has 1 rings (SSSR count). The highest BCUT2D eigenvalue weighted by atomic mass is 19.2. The van der Waals surface area contributed by atoms with E-state index in [0.29, 0.717) is 13.1 Å². The van der Waals surface area contributed by atoms with Crippen molar-refractivity contribution in [3.8, 4) is 0 Å². The molecule has 0 spiro atoms. The van der Waals surface area contributed by atoms with Gasteiger partial charge in [0.1, 0.15) is 0 Å². The zero-order chi connectivity index (χ0) is 14.6. The Labute approximate surface area is 109 Å². The topological polar surface area (TPSA) is 36.1 Å². The van der Waals surface area contributed by atoms with Crippen molar-refractivity contribution in [2.75, 3.05) is 20.1 Å². The molecule has 0 aliphatic carbocycles. The molecule has 19 heavy (non-hydrogen) atoms. The van der Waals surface area contributed by atoms with Crippen LogP contribution in [0.2, 0.25) is 0 Å². The Morgan fingerprint density at radius 2 is 1.53 bits per heavy atom. The van der Waals surface area contributed by atoms with Gasteiger partial charge in [-0.05, 0) is 26.5 Å². The number of benzene rings is 1. The van der Waals surface area contributed by atoms with Crippen molar-refractivity contribution in [3.63, 3.8) is 0 Å².